The van der Waals surface area contributed by atoms with Crippen molar-refractivity contribution in [3.8, 4) is 22.3 Å². The fourth-order valence-corrected chi connectivity index (χ4v) is 2.94. The predicted octanol–water partition coefficient (Wildman–Crippen LogP) is 4.97. The summed E-state index contributed by atoms with van der Waals surface area (Å²) < 4.78 is 0. The summed E-state index contributed by atoms with van der Waals surface area (Å²) in [6.45, 7) is 6.39. The van der Waals surface area contributed by atoms with Crippen LogP contribution in [-0.2, 0) is 0 Å². The molecule has 2 heterocycles. The number of nitrogens with zero attached hydrogens (tertiary/aromatic N) is 1. The van der Waals surface area contributed by atoms with Gasteiger partial charge in [-0.15, -0.1) is 11.3 Å². The van der Waals surface area contributed by atoms with Crippen molar-refractivity contribution in [3.05, 3.63) is 71.5 Å². The first-order chi connectivity index (χ1) is 9.25. The molecule has 0 spiro atoms. The molecular formula is C17H14NS. The van der Waals surface area contributed by atoms with Gasteiger partial charge in [-0.05, 0) is 53.6 Å². The van der Waals surface area contributed by atoms with Gasteiger partial charge in [-0.25, -0.2) is 0 Å². The summed E-state index contributed by atoms with van der Waals surface area (Å²) in [5, 5.41) is 2.19. The van der Waals surface area contributed by atoms with Crippen LogP contribution < -0.4 is 0 Å². The van der Waals surface area contributed by atoms with E-state index in [0.717, 1.165) is 16.7 Å². The molecule has 0 amide bonds. The van der Waals surface area contributed by atoms with Gasteiger partial charge in [0.1, 0.15) is 0 Å². The summed E-state index contributed by atoms with van der Waals surface area (Å²) in [6, 6.07) is 12.5. The summed E-state index contributed by atoms with van der Waals surface area (Å²) in [5.74, 6) is 0. The molecular weight excluding hydrogens is 250 g/mol. The van der Waals surface area contributed by atoms with Crippen LogP contribution in [0.1, 0.15) is 10.4 Å². The Balaban J connectivity index is 2.14. The number of rotatable bonds is 2. The molecule has 1 aromatic carbocycles. The maximum absolute atomic E-state index is 4.26. The molecule has 93 valence electrons. The van der Waals surface area contributed by atoms with Gasteiger partial charge in [0.15, 0.2) is 0 Å². The van der Waals surface area contributed by atoms with Crippen molar-refractivity contribution in [2.45, 2.75) is 6.92 Å². The van der Waals surface area contributed by atoms with Crippen LogP contribution >= 0.6 is 11.3 Å². The van der Waals surface area contributed by atoms with E-state index in [1.807, 2.05) is 12.3 Å². The van der Waals surface area contributed by atoms with E-state index in [2.05, 4.69) is 54.5 Å². The second-order valence-corrected chi connectivity index (χ2v) is 5.63. The van der Waals surface area contributed by atoms with Gasteiger partial charge in [-0.1, -0.05) is 24.3 Å². The van der Waals surface area contributed by atoms with Crippen molar-refractivity contribution in [2.24, 2.45) is 0 Å². The molecule has 19 heavy (non-hydrogen) atoms. The molecule has 1 nitrogen and oxygen atoms in total. The van der Waals surface area contributed by atoms with Gasteiger partial charge in [0.05, 0.1) is 0 Å². The number of thiophene rings is 1. The molecule has 0 atom stereocenters. The van der Waals surface area contributed by atoms with Crippen molar-refractivity contribution >= 4 is 11.3 Å². The number of hydrogen-bond acceptors (Lipinski definition) is 2. The summed E-state index contributed by atoms with van der Waals surface area (Å²) in [7, 11) is 0. The normalized spacial score (nSPS) is 10.6. The van der Waals surface area contributed by atoms with Gasteiger partial charge in [0, 0.05) is 22.8 Å². The second-order valence-electron chi connectivity index (χ2n) is 4.52. The minimum absolute atomic E-state index is 1.06. The Hall–Kier alpha value is -1.93. The van der Waals surface area contributed by atoms with E-state index >= 15 is 0 Å². The highest BCUT2D eigenvalue weighted by molar-refractivity contribution is 7.10. The van der Waals surface area contributed by atoms with Crippen molar-refractivity contribution in [1.82, 2.24) is 4.98 Å². The first-order valence-corrected chi connectivity index (χ1v) is 7.04. The Bertz CT molecular complexity index is 698. The first-order valence-electron chi connectivity index (χ1n) is 6.16. The number of aryl methyl sites for hydroxylation is 1. The number of benzene rings is 1. The number of aromatic nitrogens is 1. The Morgan fingerprint density at radius 3 is 2.47 bits per heavy atom. The Morgan fingerprint density at radius 2 is 1.84 bits per heavy atom. The van der Waals surface area contributed by atoms with Gasteiger partial charge in [-0.2, -0.15) is 0 Å². The highest BCUT2D eigenvalue weighted by Gasteiger charge is 2.08. The summed E-state index contributed by atoms with van der Waals surface area (Å²) in [5.41, 5.74) is 5.77. The molecule has 0 aliphatic rings. The molecule has 0 unspecified atom stereocenters. The topological polar surface area (TPSA) is 12.9 Å². The lowest BCUT2D eigenvalue weighted by atomic mass is 9.94. The minimum atomic E-state index is 1.06. The molecule has 3 rings (SSSR count). The van der Waals surface area contributed by atoms with E-state index in [4.69, 9.17) is 0 Å². The van der Waals surface area contributed by atoms with Crippen LogP contribution in [0.15, 0.2) is 54.2 Å². The smallest absolute Gasteiger partial charge is 0.0346 e. The maximum atomic E-state index is 4.26. The molecule has 0 saturated heterocycles. The van der Waals surface area contributed by atoms with Crippen LogP contribution in [0.5, 0.6) is 0 Å². The van der Waals surface area contributed by atoms with Gasteiger partial charge < -0.3 is 0 Å². The van der Waals surface area contributed by atoms with E-state index < -0.39 is 0 Å². The minimum Gasteiger partial charge on any atom is -0.264 e. The molecule has 1 radical (unpaired) electrons. The molecule has 0 N–H and O–H groups in total. The Morgan fingerprint density at radius 1 is 1.05 bits per heavy atom. The van der Waals surface area contributed by atoms with E-state index in [1.54, 1.807) is 17.5 Å². The van der Waals surface area contributed by atoms with Crippen molar-refractivity contribution in [1.29, 1.82) is 0 Å². The summed E-state index contributed by atoms with van der Waals surface area (Å²) in [6.07, 6.45) is 3.67. The quantitative estimate of drug-likeness (QED) is 0.637. The van der Waals surface area contributed by atoms with Crippen LogP contribution in [0.4, 0.5) is 0 Å². The molecule has 2 heteroatoms. The lowest BCUT2D eigenvalue weighted by Gasteiger charge is -2.10. The standard InChI is InChI=1S/C17H14NS/c1-12-9-15(11-19-12)17-7-3-6-16(13(17)2)14-5-4-8-18-10-14/h3-11H,2H2,1H3. The fraction of sp³-hybridized carbons (Fsp3) is 0.0588. The number of pyridine rings is 1. The molecule has 0 bridgehead atoms. The lowest BCUT2D eigenvalue weighted by Crippen LogP contribution is -1.87. The van der Waals surface area contributed by atoms with Gasteiger partial charge in [0.2, 0.25) is 0 Å². The molecule has 0 aliphatic heterocycles. The average Bonchev–Trinajstić information content (AvgIpc) is 2.86. The highest BCUT2D eigenvalue weighted by Crippen LogP contribution is 2.33. The third-order valence-electron chi connectivity index (χ3n) is 3.19. The zero-order valence-electron chi connectivity index (χ0n) is 10.8. The highest BCUT2D eigenvalue weighted by atomic mass is 32.1. The fourth-order valence-electron chi connectivity index (χ4n) is 2.23. The van der Waals surface area contributed by atoms with E-state index in [1.165, 1.54) is 16.0 Å². The average molecular weight is 264 g/mol. The third-order valence-corrected chi connectivity index (χ3v) is 4.05. The maximum Gasteiger partial charge on any atom is 0.0346 e. The summed E-state index contributed by atoms with van der Waals surface area (Å²) >= 11 is 1.77. The number of hydrogen-bond donors (Lipinski definition) is 0. The van der Waals surface area contributed by atoms with Crippen LogP contribution in [0.25, 0.3) is 22.3 Å². The molecule has 3 aromatic rings. The van der Waals surface area contributed by atoms with E-state index in [9.17, 15) is 0 Å². The van der Waals surface area contributed by atoms with Gasteiger partial charge >= 0.3 is 0 Å². The van der Waals surface area contributed by atoms with Gasteiger partial charge in [0.25, 0.3) is 0 Å². The van der Waals surface area contributed by atoms with E-state index in [-0.39, 0.29) is 0 Å². The van der Waals surface area contributed by atoms with Gasteiger partial charge in [-0.3, -0.25) is 4.98 Å². The monoisotopic (exact) mass is 264 g/mol. The zero-order valence-corrected chi connectivity index (χ0v) is 11.6. The van der Waals surface area contributed by atoms with Crippen LogP contribution in [0.3, 0.4) is 0 Å². The Kier molecular flexibility index (Phi) is 3.18. The molecule has 0 fully saturated rings. The predicted molar refractivity (Wildman–Crippen MR) is 82.2 cm³/mol. The zero-order chi connectivity index (χ0) is 13.2. The third kappa shape index (κ3) is 2.32. The first kappa shape index (κ1) is 12.1. The summed E-state index contributed by atoms with van der Waals surface area (Å²) in [4.78, 5) is 5.50. The van der Waals surface area contributed by atoms with Crippen LogP contribution in [0, 0.1) is 13.8 Å². The second kappa shape index (κ2) is 4.98. The van der Waals surface area contributed by atoms with Crippen LogP contribution in [-0.4, -0.2) is 4.98 Å². The van der Waals surface area contributed by atoms with Crippen molar-refractivity contribution in [2.75, 3.05) is 0 Å². The SMILES string of the molecule is [CH2]c1c(-c2cccnc2)cccc1-c1csc(C)c1. The largest absolute Gasteiger partial charge is 0.264 e. The van der Waals surface area contributed by atoms with Crippen molar-refractivity contribution < 1.29 is 0 Å². The van der Waals surface area contributed by atoms with E-state index in [0.29, 0.717) is 0 Å². The molecule has 2 aromatic heterocycles. The Labute approximate surface area is 117 Å². The lowest BCUT2D eigenvalue weighted by molar-refractivity contribution is 1.33. The van der Waals surface area contributed by atoms with Crippen molar-refractivity contribution in [3.63, 3.8) is 0 Å². The molecule has 0 saturated carbocycles. The molecule has 0 aliphatic carbocycles. The van der Waals surface area contributed by atoms with Crippen LogP contribution in [0.2, 0.25) is 0 Å².